The summed E-state index contributed by atoms with van der Waals surface area (Å²) in [5.41, 5.74) is 1.62. The lowest BCUT2D eigenvalue weighted by molar-refractivity contribution is 0.0697. The molecule has 18 heavy (non-hydrogen) atoms. The zero-order valence-corrected chi connectivity index (χ0v) is 10.4. The van der Waals surface area contributed by atoms with Crippen molar-refractivity contribution in [1.82, 2.24) is 4.98 Å². The lowest BCUT2D eigenvalue weighted by Gasteiger charge is -2.09. The van der Waals surface area contributed by atoms with E-state index in [-0.39, 0.29) is 5.56 Å². The highest BCUT2D eigenvalue weighted by Gasteiger charge is 2.11. The van der Waals surface area contributed by atoms with Crippen molar-refractivity contribution >= 4 is 29.1 Å². The molecule has 0 amide bonds. The molecule has 5 heteroatoms. The molecule has 0 bridgehead atoms. The zero-order valence-electron chi connectivity index (χ0n) is 9.64. The Morgan fingerprint density at radius 1 is 1.22 bits per heavy atom. The minimum Gasteiger partial charge on any atom is -0.478 e. The van der Waals surface area contributed by atoms with Gasteiger partial charge in [-0.3, -0.25) is 0 Å². The quantitative estimate of drug-likeness (QED) is 0.889. The minimum absolute atomic E-state index is 0.135. The SMILES string of the molecule is Cc1ccc(C(=O)O)c(Nc2ccc(Cl)cc2)n1. The number of anilines is 2. The van der Waals surface area contributed by atoms with E-state index in [0.29, 0.717) is 10.8 Å². The first-order chi connectivity index (χ1) is 8.56. The molecule has 4 nitrogen and oxygen atoms in total. The number of aromatic nitrogens is 1. The lowest BCUT2D eigenvalue weighted by Crippen LogP contribution is -2.05. The lowest BCUT2D eigenvalue weighted by atomic mass is 10.2. The van der Waals surface area contributed by atoms with Gasteiger partial charge in [-0.25, -0.2) is 9.78 Å². The highest BCUT2D eigenvalue weighted by atomic mass is 35.5. The summed E-state index contributed by atoms with van der Waals surface area (Å²) in [5.74, 6) is -0.691. The summed E-state index contributed by atoms with van der Waals surface area (Å²) < 4.78 is 0. The van der Waals surface area contributed by atoms with Crippen molar-refractivity contribution in [2.75, 3.05) is 5.32 Å². The van der Waals surface area contributed by atoms with Gasteiger partial charge in [0.2, 0.25) is 0 Å². The van der Waals surface area contributed by atoms with E-state index in [1.165, 1.54) is 6.07 Å². The number of nitrogens with zero attached hydrogens (tertiary/aromatic N) is 1. The number of benzene rings is 1. The number of hydrogen-bond acceptors (Lipinski definition) is 3. The normalized spacial score (nSPS) is 10.1. The van der Waals surface area contributed by atoms with Crippen LogP contribution in [0.25, 0.3) is 0 Å². The number of carbonyl (C=O) groups is 1. The van der Waals surface area contributed by atoms with Crippen molar-refractivity contribution in [2.24, 2.45) is 0 Å². The summed E-state index contributed by atoms with van der Waals surface area (Å²) in [6.07, 6.45) is 0. The summed E-state index contributed by atoms with van der Waals surface area (Å²) in [7, 11) is 0. The molecule has 0 aliphatic carbocycles. The van der Waals surface area contributed by atoms with Gasteiger partial charge in [-0.1, -0.05) is 11.6 Å². The van der Waals surface area contributed by atoms with Gasteiger partial charge in [0.15, 0.2) is 0 Å². The largest absolute Gasteiger partial charge is 0.478 e. The zero-order chi connectivity index (χ0) is 13.1. The van der Waals surface area contributed by atoms with Gasteiger partial charge in [0.25, 0.3) is 0 Å². The predicted octanol–water partition coefficient (Wildman–Crippen LogP) is 3.49. The van der Waals surface area contributed by atoms with E-state index in [0.717, 1.165) is 11.4 Å². The Balaban J connectivity index is 2.35. The summed E-state index contributed by atoms with van der Waals surface area (Å²) in [6, 6.07) is 10.2. The first-order valence-corrected chi connectivity index (χ1v) is 5.67. The molecule has 0 saturated carbocycles. The van der Waals surface area contributed by atoms with E-state index in [9.17, 15) is 4.79 Å². The van der Waals surface area contributed by atoms with Crippen molar-refractivity contribution in [1.29, 1.82) is 0 Å². The second-order valence-corrected chi connectivity index (χ2v) is 4.22. The monoisotopic (exact) mass is 262 g/mol. The topological polar surface area (TPSA) is 62.2 Å². The van der Waals surface area contributed by atoms with E-state index in [1.807, 2.05) is 0 Å². The first kappa shape index (κ1) is 12.4. The number of carboxylic acids is 1. The molecule has 0 aliphatic rings. The predicted molar refractivity (Wildman–Crippen MR) is 70.7 cm³/mol. The Morgan fingerprint density at radius 3 is 2.50 bits per heavy atom. The van der Waals surface area contributed by atoms with Gasteiger partial charge in [0.05, 0.1) is 0 Å². The number of carboxylic acid groups (broad SMARTS) is 1. The number of aromatic carboxylic acids is 1. The Kier molecular flexibility index (Phi) is 3.48. The van der Waals surface area contributed by atoms with Gasteiger partial charge in [-0.2, -0.15) is 0 Å². The van der Waals surface area contributed by atoms with Crippen LogP contribution in [0.5, 0.6) is 0 Å². The van der Waals surface area contributed by atoms with E-state index < -0.39 is 5.97 Å². The molecule has 0 saturated heterocycles. The average Bonchev–Trinajstić information content (AvgIpc) is 2.32. The van der Waals surface area contributed by atoms with Crippen molar-refractivity contribution in [3.8, 4) is 0 Å². The number of halogens is 1. The van der Waals surface area contributed by atoms with Crippen LogP contribution in [-0.2, 0) is 0 Å². The van der Waals surface area contributed by atoms with Crippen LogP contribution in [0.4, 0.5) is 11.5 Å². The first-order valence-electron chi connectivity index (χ1n) is 5.30. The molecule has 0 radical (unpaired) electrons. The highest BCUT2D eigenvalue weighted by molar-refractivity contribution is 6.30. The summed E-state index contributed by atoms with van der Waals surface area (Å²) >= 11 is 5.78. The third-order valence-electron chi connectivity index (χ3n) is 2.37. The fraction of sp³-hybridized carbons (Fsp3) is 0.0769. The number of aryl methyl sites for hydroxylation is 1. The number of hydrogen-bond donors (Lipinski definition) is 2. The molecular weight excluding hydrogens is 252 g/mol. The molecule has 0 fully saturated rings. The van der Waals surface area contributed by atoms with Crippen LogP contribution in [0.3, 0.4) is 0 Å². The van der Waals surface area contributed by atoms with Gasteiger partial charge in [-0.15, -0.1) is 0 Å². The molecule has 1 aromatic heterocycles. The number of nitrogens with one attached hydrogen (secondary N) is 1. The average molecular weight is 263 g/mol. The Hall–Kier alpha value is -2.07. The molecule has 2 N–H and O–H groups in total. The standard InChI is InChI=1S/C13H11ClN2O2/c1-8-2-7-11(13(17)18)12(15-8)16-10-5-3-9(14)4-6-10/h2-7H,1H3,(H,15,16)(H,17,18). The van der Waals surface area contributed by atoms with E-state index in [2.05, 4.69) is 10.3 Å². The smallest absolute Gasteiger partial charge is 0.339 e. The second kappa shape index (κ2) is 5.06. The van der Waals surface area contributed by atoms with E-state index in [4.69, 9.17) is 16.7 Å². The van der Waals surface area contributed by atoms with Crippen LogP contribution in [-0.4, -0.2) is 16.1 Å². The van der Waals surface area contributed by atoms with Crippen molar-refractivity contribution in [3.63, 3.8) is 0 Å². The summed E-state index contributed by atoms with van der Waals surface area (Å²) in [6.45, 7) is 1.80. The fourth-order valence-electron chi connectivity index (χ4n) is 1.49. The van der Waals surface area contributed by atoms with Gasteiger partial charge in [0, 0.05) is 16.4 Å². The number of rotatable bonds is 3. The Morgan fingerprint density at radius 2 is 1.89 bits per heavy atom. The second-order valence-electron chi connectivity index (χ2n) is 3.79. The third kappa shape index (κ3) is 2.78. The van der Waals surface area contributed by atoms with Crippen LogP contribution in [0, 0.1) is 6.92 Å². The molecule has 92 valence electrons. The van der Waals surface area contributed by atoms with Gasteiger partial charge >= 0.3 is 5.97 Å². The van der Waals surface area contributed by atoms with E-state index >= 15 is 0 Å². The summed E-state index contributed by atoms with van der Waals surface area (Å²) in [4.78, 5) is 15.3. The van der Waals surface area contributed by atoms with Gasteiger partial charge in [0.1, 0.15) is 11.4 Å². The van der Waals surface area contributed by atoms with Crippen LogP contribution in [0.1, 0.15) is 16.1 Å². The molecule has 1 heterocycles. The maximum absolute atomic E-state index is 11.1. The van der Waals surface area contributed by atoms with E-state index in [1.54, 1.807) is 37.3 Å². The maximum atomic E-state index is 11.1. The van der Waals surface area contributed by atoms with Crippen LogP contribution in [0.2, 0.25) is 5.02 Å². The molecule has 0 atom stereocenters. The van der Waals surface area contributed by atoms with Crippen molar-refractivity contribution in [2.45, 2.75) is 6.92 Å². The van der Waals surface area contributed by atoms with Gasteiger partial charge in [-0.05, 0) is 43.3 Å². The van der Waals surface area contributed by atoms with Crippen LogP contribution in [0.15, 0.2) is 36.4 Å². The molecule has 1 aromatic carbocycles. The van der Waals surface area contributed by atoms with Crippen LogP contribution < -0.4 is 5.32 Å². The van der Waals surface area contributed by atoms with Gasteiger partial charge < -0.3 is 10.4 Å². The molecule has 2 rings (SSSR count). The highest BCUT2D eigenvalue weighted by Crippen LogP contribution is 2.21. The Labute approximate surface area is 109 Å². The third-order valence-corrected chi connectivity index (χ3v) is 2.62. The molecular formula is C13H11ClN2O2. The minimum atomic E-state index is -1.01. The molecule has 0 unspecified atom stereocenters. The Bertz CT molecular complexity index is 582. The van der Waals surface area contributed by atoms with Crippen molar-refractivity contribution in [3.05, 3.63) is 52.7 Å². The number of pyridine rings is 1. The van der Waals surface area contributed by atoms with Crippen molar-refractivity contribution < 1.29 is 9.90 Å². The summed E-state index contributed by atoms with van der Waals surface area (Å²) in [5, 5.41) is 12.7. The maximum Gasteiger partial charge on any atom is 0.339 e. The molecule has 0 aliphatic heterocycles. The molecule has 0 spiro atoms. The molecule has 2 aromatic rings. The fourth-order valence-corrected chi connectivity index (χ4v) is 1.62. The van der Waals surface area contributed by atoms with Crippen LogP contribution >= 0.6 is 11.6 Å².